The van der Waals surface area contributed by atoms with Crippen LogP contribution in [-0.2, 0) is 11.2 Å². The molecule has 0 bridgehead atoms. The fourth-order valence-corrected chi connectivity index (χ4v) is 1.33. The largest absolute Gasteiger partial charge is 0.338 e. The molecule has 1 amide bonds. The second-order valence-electron chi connectivity index (χ2n) is 4.09. The van der Waals surface area contributed by atoms with Gasteiger partial charge < -0.3 is 5.32 Å². The molecule has 84 valence electrons. The standard InChI is InChI=1S/C12H13ClN2O/c1-12(2,8-14)15-11(16)7-9-3-5-10(13)6-4-9/h3-6H,7H2,1-2H3,(H,15,16). The topological polar surface area (TPSA) is 52.9 Å². The number of halogens is 1. The molecule has 0 aliphatic heterocycles. The van der Waals surface area contributed by atoms with Gasteiger partial charge in [-0.05, 0) is 31.5 Å². The minimum absolute atomic E-state index is 0.172. The van der Waals surface area contributed by atoms with Crippen LogP contribution in [0.1, 0.15) is 19.4 Å². The van der Waals surface area contributed by atoms with Crippen molar-refractivity contribution >= 4 is 17.5 Å². The fourth-order valence-electron chi connectivity index (χ4n) is 1.21. The molecule has 1 aromatic carbocycles. The average molecular weight is 237 g/mol. The van der Waals surface area contributed by atoms with Crippen molar-refractivity contribution in [1.29, 1.82) is 5.26 Å². The van der Waals surface area contributed by atoms with Crippen LogP contribution in [0.15, 0.2) is 24.3 Å². The van der Waals surface area contributed by atoms with Gasteiger partial charge in [0.2, 0.25) is 5.91 Å². The lowest BCUT2D eigenvalue weighted by molar-refractivity contribution is -0.121. The number of rotatable bonds is 3. The van der Waals surface area contributed by atoms with Gasteiger partial charge in [-0.1, -0.05) is 23.7 Å². The highest BCUT2D eigenvalue weighted by molar-refractivity contribution is 6.30. The lowest BCUT2D eigenvalue weighted by atomic mass is 10.1. The molecule has 1 aromatic rings. The third kappa shape index (κ3) is 3.92. The third-order valence-corrected chi connectivity index (χ3v) is 2.26. The molecule has 4 heteroatoms. The van der Waals surface area contributed by atoms with E-state index in [9.17, 15) is 4.79 Å². The Bertz CT molecular complexity index is 418. The number of carbonyl (C=O) groups excluding carboxylic acids is 1. The van der Waals surface area contributed by atoms with Gasteiger partial charge in [-0.15, -0.1) is 0 Å². The minimum Gasteiger partial charge on any atom is -0.338 e. The van der Waals surface area contributed by atoms with Crippen LogP contribution in [0.25, 0.3) is 0 Å². The first-order chi connectivity index (χ1) is 7.43. The molecule has 0 aliphatic rings. The van der Waals surface area contributed by atoms with Gasteiger partial charge in [0.05, 0.1) is 12.5 Å². The van der Waals surface area contributed by atoms with Crippen molar-refractivity contribution in [1.82, 2.24) is 5.32 Å². The number of hydrogen-bond donors (Lipinski definition) is 1. The van der Waals surface area contributed by atoms with E-state index in [4.69, 9.17) is 16.9 Å². The quantitative estimate of drug-likeness (QED) is 0.876. The van der Waals surface area contributed by atoms with E-state index < -0.39 is 5.54 Å². The summed E-state index contributed by atoms with van der Waals surface area (Å²) in [7, 11) is 0. The van der Waals surface area contributed by atoms with Gasteiger partial charge >= 0.3 is 0 Å². The second kappa shape index (κ2) is 5.00. The average Bonchev–Trinajstić information content (AvgIpc) is 2.21. The summed E-state index contributed by atoms with van der Waals surface area (Å²) in [5.74, 6) is -0.172. The number of nitriles is 1. The molecule has 0 saturated carbocycles. The summed E-state index contributed by atoms with van der Waals surface area (Å²) in [5.41, 5.74) is 0.0411. The van der Waals surface area contributed by atoms with Gasteiger partial charge in [-0.25, -0.2) is 0 Å². The summed E-state index contributed by atoms with van der Waals surface area (Å²) in [5, 5.41) is 12.0. The molecule has 1 rings (SSSR count). The van der Waals surface area contributed by atoms with Gasteiger partial charge in [0.15, 0.2) is 0 Å². The van der Waals surface area contributed by atoms with Crippen LogP contribution in [0.2, 0.25) is 5.02 Å². The zero-order chi connectivity index (χ0) is 12.2. The second-order valence-corrected chi connectivity index (χ2v) is 4.52. The number of hydrogen-bond acceptors (Lipinski definition) is 2. The van der Waals surface area contributed by atoms with Crippen LogP contribution in [0, 0.1) is 11.3 Å². The number of carbonyl (C=O) groups is 1. The zero-order valence-corrected chi connectivity index (χ0v) is 10.0. The van der Waals surface area contributed by atoms with Gasteiger partial charge in [0, 0.05) is 5.02 Å². The zero-order valence-electron chi connectivity index (χ0n) is 9.25. The Morgan fingerprint density at radius 1 is 1.44 bits per heavy atom. The molecule has 16 heavy (non-hydrogen) atoms. The smallest absolute Gasteiger partial charge is 0.225 e. The number of benzene rings is 1. The predicted octanol–water partition coefficient (Wildman–Crippen LogP) is 2.30. The van der Waals surface area contributed by atoms with Crippen LogP contribution in [-0.4, -0.2) is 11.4 Å². The fraction of sp³-hybridized carbons (Fsp3) is 0.333. The van der Waals surface area contributed by atoms with Crippen LogP contribution >= 0.6 is 11.6 Å². The highest BCUT2D eigenvalue weighted by Gasteiger charge is 2.18. The minimum atomic E-state index is -0.830. The van der Waals surface area contributed by atoms with E-state index in [1.54, 1.807) is 38.1 Å². The Hall–Kier alpha value is -1.53. The molecule has 0 fully saturated rings. The van der Waals surface area contributed by atoms with Crippen molar-refractivity contribution in [2.45, 2.75) is 25.8 Å². The van der Waals surface area contributed by atoms with Crippen molar-refractivity contribution in [3.05, 3.63) is 34.9 Å². The number of nitrogens with zero attached hydrogens (tertiary/aromatic N) is 1. The summed E-state index contributed by atoms with van der Waals surface area (Å²) >= 11 is 5.73. The highest BCUT2D eigenvalue weighted by atomic mass is 35.5. The summed E-state index contributed by atoms with van der Waals surface area (Å²) in [6, 6.07) is 9.07. The molecule has 0 saturated heterocycles. The van der Waals surface area contributed by atoms with Crippen LogP contribution in [0.4, 0.5) is 0 Å². The third-order valence-electron chi connectivity index (χ3n) is 2.01. The molecular weight excluding hydrogens is 224 g/mol. The highest BCUT2D eigenvalue weighted by Crippen LogP contribution is 2.10. The molecule has 0 aromatic heterocycles. The van der Waals surface area contributed by atoms with E-state index in [0.29, 0.717) is 5.02 Å². The Morgan fingerprint density at radius 2 is 2.00 bits per heavy atom. The lowest BCUT2D eigenvalue weighted by Gasteiger charge is -2.17. The van der Waals surface area contributed by atoms with E-state index in [1.807, 2.05) is 6.07 Å². The van der Waals surface area contributed by atoms with E-state index in [-0.39, 0.29) is 12.3 Å². The lowest BCUT2D eigenvalue weighted by Crippen LogP contribution is -2.42. The van der Waals surface area contributed by atoms with Crippen molar-refractivity contribution in [3.8, 4) is 6.07 Å². The first kappa shape index (κ1) is 12.5. The van der Waals surface area contributed by atoms with Crippen molar-refractivity contribution in [2.75, 3.05) is 0 Å². The maximum Gasteiger partial charge on any atom is 0.225 e. The van der Waals surface area contributed by atoms with E-state index in [0.717, 1.165) is 5.56 Å². The van der Waals surface area contributed by atoms with Crippen molar-refractivity contribution < 1.29 is 4.79 Å². The monoisotopic (exact) mass is 236 g/mol. The van der Waals surface area contributed by atoms with Crippen LogP contribution in [0.5, 0.6) is 0 Å². The first-order valence-electron chi connectivity index (χ1n) is 4.90. The first-order valence-corrected chi connectivity index (χ1v) is 5.27. The molecule has 0 radical (unpaired) electrons. The van der Waals surface area contributed by atoms with Crippen molar-refractivity contribution in [2.24, 2.45) is 0 Å². The van der Waals surface area contributed by atoms with Crippen LogP contribution in [0.3, 0.4) is 0 Å². The summed E-state index contributed by atoms with van der Waals surface area (Å²) in [4.78, 5) is 11.6. The van der Waals surface area contributed by atoms with Gasteiger partial charge in [-0.3, -0.25) is 4.79 Å². The summed E-state index contributed by atoms with van der Waals surface area (Å²) < 4.78 is 0. The van der Waals surface area contributed by atoms with Gasteiger partial charge in [-0.2, -0.15) is 5.26 Å². The molecule has 0 spiro atoms. The van der Waals surface area contributed by atoms with Crippen LogP contribution < -0.4 is 5.32 Å². The molecule has 1 N–H and O–H groups in total. The number of amides is 1. The molecular formula is C12H13ClN2O. The Morgan fingerprint density at radius 3 is 2.50 bits per heavy atom. The molecule has 0 unspecified atom stereocenters. The predicted molar refractivity (Wildman–Crippen MR) is 63.0 cm³/mol. The van der Waals surface area contributed by atoms with E-state index in [2.05, 4.69) is 5.32 Å². The molecule has 3 nitrogen and oxygen atoms in total. The summed E-state index contributed by atoms with van der Waals surface area (Å²) in [6.07, 6.45) is 0.252. The Balaban J connectivity index is 2.59. The Labute approximate surface area is 100 Å². The SMILES string of the molecule is CC(C)(C#N)NC(=O)Cc1ccc(Cl)cc1. The van der Waals surface area contributed by atoms with Gasteiger partial charge in [0.1, 0.15) is 5.54 Å². The molecule has 0 atom stereocenters. The van der Waals surface area contributed by atoms with Crippen molar-refractivity contribution in [3.63, 3.8) is 0 Å². The Kier molecular flexibility index (Phi) is 3.92. The number of nitrogens with one attached hydrogen (secondary N) is 1. The maximum atomic E-state index is 11.6. The molecule has 0 aliphatic carbocycles. The van der Waals surface area contributed by atoms with Gasteiger partial charge in [0.25, 0.3) is 0 Å². The van der Waals surface area contributed by atoms with E-state index in [1.165, 1.54) is 0 Å². The van der Waals surface area contributed by atoms with E-state index >= 15 is 0 Å². The normalized spacial score (nSPS) is 10.6. The maximum absolute atomic E-state index is 11.6. The summed E-state index contributed by atoms with van der Waals surface area (Å²) in [6.45, 7) is 3.32. The molecule has 0 heterocycles.